The lowest BCUT2D eigenvalue weighted by Crippen LogP contribution is -2.61. The van der Waals surface area contributed by atoms with E-state index in [4.69, 9.17) is 22.6 Å². The number of carbonyl (C=O) groups excluding carboxylic acids is 10. The topological polar surface area (TPSA) is 471 Å². The quantitative estimate of drug-likeness (QED) is 0.0180. The highest BCUT2D eigenvalue weighted by molar-refractivity contribution is 8.76. The number of nitrogens with one attached hydrogen (secondary N) is 11. The zero-order valence-corrected chi connectivity index (χ0v) is 52.8. The van der Waals surface area contributed by atoms with E-state index in [0.29, 0.717) is 27.8 Å². The number of phenols is 2. The Labute approximate surface area is 549 Å². The number of primary amides is 1. The number of hydrogen-bond donors (Lipinski definition) is 17. The SMILES string of the molecule is C[C@@H]1NC(=O)[C@H](CC(N)=O)NC(=O)[C@H](Cc2ccccc2)NC(=O)[C@H](Cc2ccccc2)NC(=O)[C@H](CCCNC(=N)N)NC(=O)[C@@H](NC(=O)[C@@H](N)Cc2ccc(O)cc2)CSSC[C@@H](C(=O)N[C@@H](Cc2ccc(O)cc2)C(=O)O)NC(=O)[C@H](Cc2ccccc2)NC1=O. The molecule has 0 radical (unpaired) electrons. The second-order valence-corrected chi connectivity index (χ2v) is 24.7. The van der Waals surface area contributed by atoms with Crippen LogP contribution in [-0.2, 0) is 84.8 Å². The molecule has 5 aromatic rings. The van der Waals surface area contributed by atoms with Crippen molar-refractivity contribution in [1.82, 2.24) is 53.2 Å². The summed E-state index contributed by atoms with van der Waals surface area (Å²) in [6, 6.07) is 21.1. The molecule has 0 spiro atoms. The third-order valence-electron chi connectivity index (χ3n) is 14.7. The number of aromatic hydroxyl groups is 2. The Hall–Kier alpha value is -10.2. The van der Waals surface area contributed by atoms with Gasteiger partial charge < -0.3 is 85.7 Å². The van der Waals surface area contributed by atoms with Crippen molar-refractivity contribution < 1.29 is 68.1 Å². The second kappa shape index (κ2) is 36.7. The highest BCUT2D eigenvalue weighted by Crippen LogP contribution is 2.24. The second-order valence-electron chi connectivity index (χ2n) is 22.2. The fourth-order valence-corrected chi connectivity index (χ4v) is 11.9. The summed E-state index contributed by atoms with van der Waals surface area (Å²) >= 11 is 0. The maximum atomic E-state index is 14.9. The molecule has 0 aliphatic carbocycles. The van der Waals surface area contributed by atoms with Crippen LogP contribution in [0.3, 0.4) is 0 Å². The number of aliphatic carboxylic acids is 1. The molecule has 500 valence electrons. The number of carboxylic acid groups (broad SMARTS) is 1. The molecule has 0 saturated carbocycles. The zero-order valence-electron chi connectivity index (χ0n) is 51.2. The molecule has 1 aliphatic heterocycles. The van der Waals surface area contributed by atoms with Crippen LogP contribution in [0.2, 0.25) is 0 Å². The minimum atomic E-state index is -1.78. The van der Waals surface area contributed by atoms with Crippen molar-refractivity contribution >= 4 is 92.6 Å². The van der Waals surface area contributed by atoms with E-state index in [9.17, 15) is 68.1 Å². The number of phenolic OH excluding ortho intramolecular Hbond substituents is 2. The zero-order chi connectivity index (χ0) is 68.3. The van der Waals surface area contributed by atoms with Crippen molar-refractivity contribution in [2.24, 2.45) is 17.2 Å². The van der Waals surface area contributed by atoms with Crippen LogP contribution in [0.4, 0.5) is 0 Å². The lowest BCUT2D eigenvalue weighted by atomic mass is 10.0. The summed E-state index contributed by atoms with van der Waals surface area (Å²) in [5.74, 6) is -12.5. The largest absolute Gasteiger partial charge is 0.508 e. The van der Waals surface area contributed by atoms with E-state index in [1.54, 1.807) is 103 Å². The summed E-state index contributed by atoms with van der Waals surface area (Å²) in [7, 11) is 1.80. The number of amides is 10. The van der Waals surface area contributed by atoms with E-state index in [1.165, 1.54) is 43.3 Å². The van der Waals surface area contributed by atoms with Gasteiger partial charge in [-0.1, -0.05) is 137 Å². The summed E-state index contributed by atoms with van der Waals surface area (Å²) in [6.07, 6.45) is -1.88. The van der Waals surface area contributed by atoms with Crippen LogP contribution in [0.5, 0.6) is 11.5 Å². The molecule has 5 aromatic carbocycles. The molecule has 10 atom stereocenters. The molecule has 10 amide bonds. The third-order valence-corrected chi connectivity index (χ3v) is 17.1. The van der Waals surface area contributed by atoms with Crippen molar-refractivity contribution in [3.63, 3.8) is 0 Å². The lowest BCUT2D eigenvalue weighted by Gasteiger charge is -2.28. The van der Waals surface area contributed by atoms with Gasteiger partial charge in [0.05, 0.1) is 12.5 Å². The number of benzene rings is 5. The van der Waals surface area contributed by atoms with Crippen LogP contribution < -0.4 is 70.4 Å². The van der Waals surface area contributed by atoms with E-state index in [-0.39, 0.29) is 74.5 Å². The first kappa shape index (κ1) is 72.9. The van der Waals surface area contributed by atoms with Crippen LogP contribution in [0, 0.1) is 5.41 Å². The molecule has 94 heavy (non-hydrogen) atoms. The number of guanidine groups is 1. The van der Waals surface area contributed by atoms with Gasteiger partial charge in [-0.15, -0.1) is 0 Å². The van der Waals surface area contributed by atoms with E-state index in [1.807, 2.05) is 0 Å². The average molecular weight is 1330 g/mol. The summed E-state index contributed by atoms with van der Waals surface area (Å²) in [4.78, 5) is 156. The Morgan fingerprint density at radius 1 is 0.543 bits per heavy atom. The maximum Gasteiger partial charge on any atom is 0.326 e. The highest BCUT2D eigenvalue weighted by Gasteiger charge is 2.37. The van der Waals surface area contributed by atoms with Gasteiger partial charge in [0.15, 0.2) is 5.96 Å². The minimum Gasteiger partial charge on any atom is -0.508 e. The maximum absolute atomic E-state index is 14.9. The van der Waals surface area contributed by atoms with Gasteiger partial charge in [-0.2, -0.15) is 0 Å². The van der Waals surface area contributed by atoms with Gasteiger partial charge in [-0.3, -0.25) is 53.4 Å². The van der Waals surface area contributed by atoms with Crippen LogP contribution in [0.15, 0.2) is 140 Å². The lowest BCUT2D eigenvalue weighted by molar-refractivity contribution is -0.142. The van der Waals surface area contributed by atoms with Crippen molar-refractivity contribution in [2.75, 3.05) is 18.1 Å². The standard InChI is InChI=1S/C64H78N14O14S2/c1-36-54(82)72-46(29-37-12-5-2-6-13-37)60(88)78-52(62(90)76-50(63(91)92)32-41-21-25-43(80)26-22-41)35-94-93-34-51(77-55(83)44(65)28-40-19-23-42(79)24-20-40)61(89)71-45(18-11-27-69-64(67)68)56(84)73-47(30-38-14-7-3-8-15-38)58(86)74-48(31-39-16-9-4-10-17-39)59(87)75-49(33-53(66)81)57(85)70-36/h2-10,12-17,19-26,36,44-52,79-80H,11,18,27-35,65H2,1H3,(H2,66,81)(H,70,85)(H,71,89)(H,72,82)(H,73,84)(H,74,86)(H,75,87)(H,76,90)(H,77,83)(H,78,88)(H,91,92)(H4,67,68,69)/t36-,44-,45-,46-,47-,48-,49-,50-,51-,52-/m0/s1. The fraction of sp³-hybridized carbons (Fsp3) is 0.344. The van der Waals surface area contributed by atoms with E-state index < -0.39 is 138 Å². The van der Waals surface area contributed by atoms with Crippen LogP contribution in [0.25, 0.3) is 0 Å². The van der Waals surface area contributed by atoms with Crippen molar-refractivity contribution in [3.05, 3.63) is 167 Å². The molecule has 1 saturated heterocycles. The minimum absolute atomic E-state index is 0.0281. The predicted molar refractivity (Wildman–Crippen MR) is 351 cm³/mol. The van der Waals surface area contributed by atoms with Crippen molar-refractivity contribution in [3.8, 4) is 11.5 Å². The first-order valence-corrected chi connectivity index (χ1v) is 32.4. The average Bonchev–Trinajstić information content (AvgIpc) is 0.943. The van der Waals surface area contributed by atoms with Gasteiger partial charge in [0.2, 0.25) is 59.1 Å². The molecule has 1 aliphatic rings. The smallest absolute Gasteiger partial charge is 0.326 e. The van der Waals surface area contributed by atoms with Gasteiger partial charge in [0.1, 0.15) is 65.9 Å². The van der Waals surface area contributed by atoms with Gasteiger partial charge in [-0.05, 0) is 78.3 Å². The van der Waals surface area contributed by atoms with Crippen molar-refractivity contribution in [2.45, 2.75) is 119 Å². The molecule has 0 unspecified atom stereocenters. The fourth-order valence-electron chi connectivity index (χ4n) is 9.62. The van der Waals surface area contributed by atoms with Gasteiger partial charge >= 0.3 is 5.97 Å². The van der Waals surface area contributed by atoms with Crippen LogP contribution >= 0.6 is 21.6 Å². The Balaban J connectivity index is 1.44. The normalized spacial score (nSPS) is 21.3. The van der Waals surface area contributed by atoms with Gasteiger partial charge in [0.25, 0.3) is 0 Å². The third kappa shape index (κ3) is 24.4. The van der Waals surface area contributed by atoms with Crippen molar-refractivity contribution in [1.29, 1.82) is 5.41 Å². The molecule has 30 heteroatoms. The highest BCUT2D eigenvalue weighted by atomic mass is 33.1. The summed E-state index contributed by atoms with van der Waals surface area (Å²) in [6.45, 7) is 1.28. The number of hydrogen-bond acceptors (Lipinski definition) is 17. The van der Waals surface area contributed by atoms with E-state index >= 15 is 0 Å². The first-order valence-electron chi connectivity index (χ1n) is 29.9. The Morgan fingerprint density at radius 3 is 1.45 bits per heavy atom. The molecule has 1 fully saturated rings. The number of carboxylic acids is 1. The number of rotatable bonds is 21. The van der Waals surface area contributed by atoms with Gasteiger partial charge in [0, 0.05) is 43.7 Å². The summed E-state index contributed by atoms with van der Waals surface area (Å²) < 4.78 is 0. The molecule has 28 nitrogen and oxygen atoms in total. The summed E-state index contributed by atoms with van der Waals surface area (Å²) in [5.41, 5.74) is 20.1. The number of carbonyl (C=O) groups is 11. The van der Waals surface area contributed by atoms with Crippen LogP contribution in [-0.4, -0.2) is 165 Å². The molecular weight excluding hydrogens is 1250 g/mol. The molecule has 0 aromatic heterocycles. The Bertz CT molecular complexity index is 3430. The molecule has 20 N–H and O–H groups in total. The Kier molecular flexibility index (Phi) is 28.5. The predicted octanol–water partition coefficient (Wildman–Crippen LogP) is -1.06. The molecule has 0 bridgehead atoms. The molecule has 6 rings (SSSR count). The van der Waals surface area contributed by atoms with Gasteiger partial charge in [-0.25, -0.2) is 4.79 Å². The molecular formula is C64H78N14O14S2. The van der Waals surface area contributed by atoms with E-state index in [0.717, 1.165) is 21.6 Å². The van der Waals surface area contributed by atoms with Crippen LogP contribution in [0.1, 0.15) is 54.0 Å². The Morgan fingerprint density at radius 2 is 0.968 bits per heavy atom. The molecule has 1 heterocycles. The first-order chi connectivity index (χ1) is 44.9. The monoisotopic (exact) mass is 1330 g/mol. The number of nitrogens with two attached hydrogens (primary N) is 3. The summed E-state index contributed by atoms with van der Waals surface area (Å²) in [5, 5.41) is 63.9. The van der Waals surface area contributed by atoms with E-state index in [2.05, 4.69) is 53.2 Å².